The first-order valence-electron chi connectivity index (χ1n) is 7.06. The van der Waals surface area contributed by atoms with Gasteiger partial charge in [-0.3, -0.25) is 4.79 Å². The van der Waals surface area contributed by atoms with Crippen molar-refractivity contribution in [3.05, 3.63) is 42.5 Å². The molecule has 3 heteroatoms. The molecule has 0 aliphatic carbocycles. The third-order valence-corrected chi connectivity index (χ3v) is 4.33. The Morgan fingerprint density at radius 3 is 2.65 bits per heavy atom. The smallest absolute Gasteiger partial charge is 0.232 e. The van der Waals surface area contributed by atoms with Gasteiger partial charge in [0.05, 0.1) is 5.75 Å². The highest BCUT2D eigenvalue weighted by molar-refractivity contribution is 8.00. The topological polar surface area (TPSA) is 20.3 Å². The van der Waals surface area contributed by atoms with Crippen LogP contribution < -0.4 is 0 Å². The number of unbranched alkanes of at least 4 members (excludes halogenated alkanes) is 1. The zero-order valence-electron chi connectivity index (χ0n) is 12.1. The molecular formula is C17H21NOS. The molecule has 106 valence electrons. The molecule has 0 spiro atoms. The first-order valence-corrected chi connectivity index (χ1v) is 8.05. The van der Waals surface area contributed by atoms with Crippen molar-refractivity contribution >= 4 is 28.4 Å². The molecule has 2 nitrogen and oxygen atoms in total. The van der Waals surface area contributed by atoms with E-state index in [4.69, 9.17) is 0 Å². The highest BCUT2D eigenvalue weighted by Gasteiger charge is 2.08. The van der Waals surface area contributed by atoms with Gasteiger partial charge in [0, 0.05) is 18.5 Å². The third-order valence-electron chi connectivity index (χ3n) is 3.36. The van der Waals surface area contributed by atoms with Gasteiger partial charge in [-0.05, 0) is 29.3 Å². The van der Waals surface area contributed by atoms with E-state index in [0.717, 1.165) is 24.3 Å². The summed E-state index contributed by atoms with van der Waals surface area (Å²) in [5.41, 5.74) is 0. The monoisotopic (exact) mass is 287 g/mol. The maximum absolute atomic E-state index is 12.0. The molecule has 0 aliphatic heterocycles. The Hall–Kier alpha value is -1.48. The molecular weight excluding hydrogens is 266 g/mol. The number of carbonyl (C=O) groups is 1. The summed E-state index contributed by atoms with van der Waals surface area (Å²) in [4.78, 5) is 15.0. The Bertz CT molecular complexity index is 582. The first kappa shape index (κ1) is 14.9. The van der Waals surface area contributed by atoms with Gasteiger partial charge in [-0.15, -0.1) is 11.8 Å². The van der Waals surface area contributed by atoms with Crippen LogP contribution in [-0.2, 0) is 4.79 Å². The van der Waals surface area contributed by atoms with Gasteiger partial charge in [-0.25, -0.2) is 0 Å². The summed E-state index contributed by atoms with van der Waals surface area (Å²) in [6, 6.07) is 14.7. The zero-order chi connectivity index (χ0) is 14.4. The van der Waals surface area contributed by atoms with Crippen LogP contribution in [0.2, 0.25) is 0 Å². The van der Waals surface area contributed by atoms with Crippen LogP contribution in [0.25, 0.3) is 10.8 Å². The summed E-state index contributed by atoms with van der Waals surface area (Å²) in [7, 11) is 1.89. The van der Waals surface area contributed by atoms with Crippen molar-refractivity contribution in [3.63, 3.8) is 0 Å². The van der Waals surface area contributed by atoms with Crippen LogP contribution in [0.15, 0.2) is 47.4 Å². The van der Waals surface area contributed by atoms with Gasteiger partial charge < -0.3 is 4.90 Å². The fourth-order valence-electron chi connectivity index (χ4n) is 2.03. The lowest BCUT2D eigenvalue weighted by Gasteiger charge is -2.16. The van der Waals surface area contributed by atoms with Gasteiger partial charge >= 0.3 is 0 Å². The van der Waals surface area contributed by atoms with E-state index in [1.54, 1.807) is 11.8 Å². The van der Waals surface area contributed by atoms with Crippen molar-refractivity contribution in [3.8, 4) is 0 Å². The molecule has 0 heterocycles. The second-order valence-electron chi connectivity index (χ2n) is 4.97. The summed E-state index contributed by atoms with van der Waals surface area (Å²) in [6.07, 6.45) is 2.19. The fraction of sp³-hybridized carbons (Fsp3) is 0.353. The molecule has 0 saturated heterocycles. The van der Waals surface area contributed by atoms with E-state index in [-0.39, 0.29) is 5.91 Å². The number of thioether (sulfide) groups is 1. The van der Waals surface area contributed by atoms with E-state index in [1.165, 1.54) is 10.8 Å². The number of amides is 1. The highest BCUT2D eigenvalue weighted by Crippen LogP contribution is 2.23. The molecule has 1 amide bonds. The second kappa shape index (κ2) is 7.34. The number of fused-ring (bicyclic) bond motifs is 1. The molecule has 0 fully saturated rings. The van der Waals surface area contributed by atoms with Crippen LogP contribution in [-0.4, -0.2) is 30.2 Å². The molecule has 0 atom stereocenters. The summed E-state index contributed by atoms with van der Waals surface area (Å²) < 4.78 is 0. The lowest BCUT2D eigenvalue weighted by molar-refractivity contribution is -0.127. The molecule has 2 rings (SSSR count). The number of rotatable bonds is 6. The van der Waals surface area contributed by atoms with E-state index in [0.29, 0.717) is 5.75 Å². The zero-order valence-corrected chi connectivity index (χ0v) is 13.0. The van der Waals surface area contributed by atoms with Crippen LogP contribution in [0.3, 0.4) is 0 Å². The van der Waals surface area contributed by atoms with Crippen LogP contribution in [0.4, 0.5) is 0 Å². The Morgan fingerprint density at radius 2 is 1.90 bits per heavy atom. The van der Waals surface area contributed by atoms with E-state index >= 15 is 0 Å². The van der Waals surface area contributed by atoms with Crippen molar-refractivity contribution in [2.75, 3.05) is 19.3 Å². The highest BCUT2D eigenvalue weighted by atomic mass is 32.2. The molecule has 0 unspecified atom stereocenters. The molecule has 0 radical (unpaired) electrons. The number of benzene rings is 2. The minimum absolute atomic E-state index is 0.205. The van der Waals surface area contributed by atoms with Gasteiger partial charge in [0.25, 0.3) is 0 Å². The van der Waals surface area contributed by atoms with Gasteiger partial charge in [-0.1, -0.05) is 43.7 Å². The van der Waals surface area contributed by atoms with Crippen molar-refractivity contribution in [2.24, 2.45) is 0 Å². The lowest BCUT2D eigenvalue weighted by Crippen LogP contribution is -2.29. The SMILES string of the molecule is CCCCN(C)C(=O)CSc1ccc2ccccc2c1. The second-order valence-corrected chi connectivity index (χ2v) is 6.02. The Labute approximate surface area is 125 Å². The number of hydrogen-bond donors (Lipinski definition) is 0. The average molecular weight is 287 g/mol. The van der Waals surface area contributed by atoms with Gasteiger partial charge in [0.2, 0.25) is 5.91 Å². The van der Waals surface area contributed by atoms with Crippen LogP contribution in [0.5, 0.6) is 0 Å². The Kier molecular flexibility index (Phi) is 5.48. The summed E-state index contributed by atoms with van der Waals surface area (Å²) >= 11 is 1.61. The van der Waals surface area contributed by atoms with Crippen LogP contribution >= 0.6 is 11.8 Å². The molecule has 0 aliphatic rings. The predicted octanol–water partition coefficient (Wildman–Crippen LogP) is 4.19. The fourth-order valence-corrected chi connectivity index (χ4v) is 2.92. The molecule has 0 N–H and O–H groups in total. The number of nitrogens with zero attached hydrogens (tertiary/aromatic N) is 1. The standard InChI is InChI=1S/C17H21NOS/c1-3-4-11-18(2)17(19)13-20-16-10-9-14-7-5-6-8-15(14)12-16/h5-10,12H,3-4,11,13H2,1-2H3. The van der Waals surface area contributed by atoms with E-state index < -0.39 is 0 Å². The Morgan fingerprint density at radius 1 is 1.15 bits per heavy atom. The number of hydrogen-bond acceptors (Lipinski definition) is 2. The van der Waals surface area contributed by atoms with Crippen LogP contribution in [0.1, 0.15) is 19.8 Å². The normalized spacial score (nSPS) is 10.7. The first-order chi connectivity index (χ1) is 9.70. The Balaban J connectivity index is 1.93. The van der Waals surface area contributed by atoms with Gasteiger partial charge in [-0.2, -0.15) is 0 Å². The van der Waals surface area contributed by atoms with Gasteiger partial charge in [0.1, 0.15) is 0 Å². The number of carbonyl (C=O) groups excluding carboxylic acids is 1. The van der Waals surface area contributed by atoms with Gasteiger partial charge in [0.15, 0.2) is 0 Å². The summed E-state index contributed by atoms with van der Waals surface area (Å²) in [5, 5.41) is 2.47. The molecule has 0 bridgehead atoms. The summed E-state index contributed by atoms with van der Waals surface area (Å²) in [5.74, 6) is 0.718. The van der Waals surface area contributed by atoms with Crippen molar-refractivity contribution in [2.45, 2.75) is 24.7 Å². The maximum atomic E-state index is 12.0. The summed E-state index contributed by atoms with van der Waals surface area (Å²) in [6.45, 7) is 3.00. The quantitative estimate of drug-likeness (QED) is 0.742. The molecule has 0 saturated carbocycles. The largest absolute Gasteiger partial charge is 0.345 e. The lowest BCUT2D eigenvalue weighted by atomic mass is 10.1. The molecule has 20 heavy (non-hydrogen) atoms. The van der Waals surface area contributed by atoms with Crippen molar-refractivity contribution in [1.29, 1.82) is 0 Å². The molecule has 0 aromatic heterocycles. The third kappa shape index (κ3) is 4.01. The van der Waals surface area contributed by atoms with E-state index in [1.807, 2.05) is 24.1 Å². The van der Waals surface area contributed by atoms with Crippen molar-refractivity contribution in [1.82, 2.24) is 4.90 Å². The van der Waals surface area contributed by atoms with Crippen LogP contribution in [0, 0.1) is 0 Å². The van der Waals surface area contributed by atoms with Crippen molar-refractivity contribution < 1.29 is 4.79 Å². The minimum Gasteiger partial charge on any atom is -0.345 e. The molecule has 2 aromatic rings. The van der Waals surface area contributed by atoms with E-state index in [2.05, 4.69) is 37.3 Å². The predicted molar refractivity (Wildman–Crippen MR) is 87.2 cm³/mol. The molecule has 2 aromatic carbocycles. The minimum atomic E-state index is 0.205. The average Bonchev–Trinajstić information content (AvgIpc) is 2.50. The maximum Gasteiger partial charge on any atom is 0.232 e. The van der Waals surface area contributed by atoms with E-state index in [9.17, 15) is 4.79 Å².